The average molecular weight is 315 g/mol. The first kappa shape index (κ1) is 15.7. The number of hydrogen-bond donors (Lipinski definition) is 1. The summed E-state index contributed by atoms with van der Waals surface area (Å²) in [6.45, 7) is 2.97. The van der Waals surface area contributed by atoms with Gasteiger partial charge in [-0.3, -0.25) is 0 Å². The molecule has 2 N–H and O–H groups in total. The minimum atomic E-state index is -3.91. The molecule has 1 aromatic rings. The van der Waals surface area contributed by atoms with Crippen molar-refractivity contribution in [2.24, 2.45) is 5.14 Å². The van der Waals surface area contributed by atoms with Gasteiger partial charge in [-0.1, -0.05) is 0 Å². The van der Waals surface area contributed by atoms with Crippen LogP contribution in [0.15, 0.2) is 23.1 Å². The third-order valence-electron chi connectivity index (χ3n) is 2.96. The number of rotatable bonds is 5. The first-order valence-electron chi connectivity index (χ1n) is 6.50. The van der Waals surface area contributed by atoms with Crippen LogP contribution >= 0.6 is 0 Å². The summed E-state index contributed by atoms with van der Waals surface area (Å²) in [6, 6.07) is 3.85. The van der Waals surface area contributed by atoms with Crippen molar-refractivity contribution in [3.63, 3.8) is 0 Å². The van der Waals surface area contributed by atoms with E-state index in [0.717, 1.165) is 0 Å². The molecule has 116 valence electrons. The number of benzene rings is 1. The lowest BCUT2D eigenvalue weighted by Crippen LogP contribution is -2.20. The molecule has 7 nitrogen and oxygen atoms in total. The lowest BCUT2D eigenvalue weighted by atomic mass is 10.2. The Hall–Kier alpha value is -1.64. The van der Waals surface area contributed by atoms with Gasteiger partial charge in [0.2, 0.25) is 10.0 Å². The summed E-state index contributed by atoms with van der Waals surface area (Å²) in [7, 11) is -3.91. The van der Waals surface area contributed by atoms with Crippen LogP contribution in [0, 0.1) is 0 Å². The van der Waals surface area contributed by atoms with Crippen LogP contribution in [0.2, 0.25) is 0 Å². The minimum Gasteiger partial charge on any atom is -0.493 e. The van der Waals surface area contributed by atoms with E-state index in [9.17, 15) is 13.2 Å². The molecule has 0 amide bonds. The highest BCUT2D eigenvalue weighted by Crippen LogP contribution is 2.24. The Morgan fingerprint density at radius 1 is 1.48 bits per heavy atom. The predicted octanol–water partition coefficient (Wildman–Crippen LogP) is 0.678. The third kappa shape index (κ3) is 3.93. The minimum absolute atomic E-state index is 0.0373. The van der Waals surface area contributed by atoms with E-state index in [1.807, 2.05) is 0 Å². The molecular formula is C13H17NO6S. The second-order valence-electron chi connectivity index (χ2n) is 4.53. The van der Waals surface area contributed by atoms with E-state index < -0.39 is 16.0 Å². The summed E-state index contributed by atoms with van der Waals surface area (Å²) in [5.74, 6) is -0.395. The first-order chi connectivity index (χ1) is 9.91. The van der Waals surface area contributed by atoms with Gasteiger partial charge in [0.05, 0.1) is 24.7 Å². The SMILES string of the molecule is CCOc1ccc(S(N)(=O)=O)cc1C(=O)OC1CCOC1. The Kier molecular flexibility index (Phi) is 4.81. The Bertz CT molecular complexity index is 622. The van der Waals surface area contributed by atoms with Crippen molar-refractivity contribution in [2.75, 3.05) is 19.8 Å². The summed E-state index contributed by atoms with van der Waals surface area (Å²) in [5, 5.41) is 5.07. The molecule has 0 aromatic heterocycles. The van der Waals surface area contributed by atoms with Crippen LogP contribution in [0.1, 0.15) is 23.7 Å². The second-order valence-corrected chi connectivity index (χ2v) is 6.09. The first-order valence-corrected chi connectivity index (χ1v) is 8.05. The number of ether oxygens (including phenoxy) is 3. The monoisotopic (exact) mass is 315 g/mol. The molecule has 0 saturated carbocycles. The van der Waals surface area contributed by atoms with Crippen molar-refractivity contribution in [1.82, 2.24) is 0 Å². The van der Waals surface area contributed by atoms with Gasteiger partial charge in [-0.05, 0) is 25.1 Å². The summed E-state index contributed by atoms with van der Waals surface area (Å²) in [5.41, 5.74) is 0.0373. The van der Waals surface area contributed by atoms with E-state index in [-0.39, 0.29) is 22.3 Å². The topological polar surface area (TPSA) is 105 Å². The molecule has 0 bridgehead atoms. The molecular weight excluding hydrogens is 298 g/mol. The Morgan fingerprint density at radius 2 is 2.24 bits per heavy atom. The van der Waals surface area contributed by atoms with E-state index in [1.54, 1.807) is 6.92 Å². The number of carbonyl (C=O) groups is 1. The van der Waals surface area contributed by atoms with E-state index in [0.29, 0.717) is 26.2 Å². The normalized spacial score (nSPS) is 18.5. The van der Waals surface area contributed by atoms with Crippen molar-refractivity contribution in [1.29, 1.82) is 0 Å². The van der Waals surface area contributed by atoms with Gasteiger partial charge in [0.15, 0.2) is 0 Å². The largest absolute Gasteiger partial charge is 0.493 e. The van der Waals surface area contributed by atoms with Gasteiger partial charge < -0.3 is 14.2 Å². The zero-order chi connectivity index (χ0) is 15.5. The van der Waals surface area contributed by atoms with Gasteiger partial charge in [0, 0.05) is 6.42 Å². The Morgan fingerprint density at radius 3 is 2.81 bits per heavy atom. The van der Waals surface area contributed by atoms with Gasteiger partial charge in [-0.15, -0.1) is 0 Å². The maximum Gasteiger partial charge on any atom is 0.342 e. The van der Waals surface area contributed by atoms with Gasteiger partial charge in [0.1, 0.15) is 17.4 Å². The highest BCUT2D eigenvalue weighted by Gasteiger charge is 2.24. The average Bonchev–Trinajstić information content (AvgIpc) is 2.91. The maximum atomic E-state index is 12.2. The van der Waals surface area contributed by atoms with E-state index in [4.69, 9.17) is 19.3 Å². The van der Waals surface area contributed by atoms with Crippen molar-refractivity contribution < 1.29 is 27.4 Å². The van der Waals surface area contributed by atoms with Gasteiger partial charge in [-0.2, -0.15) is 0 Å². The number of esters is 1. The van der Waals surface area contributed by atoms with Crippen LogP contribution in [0.25, 0.3) is 0 Å². The van der Waals surface area contributed by atoms with Gasteiger partial charge in [0.25, 0.3) is 0 Å². The fourth-order valence-electron chi connectivity index (χ4n) is 1.95. The molecule has 21 heavy (non-hydrogen) atoms. The number of carbonyl (C=O) groups excluding carboxylic acids is 1. The molecule has 1 aliphatic heterocycles. The van der Waals surface area contributed by atoms with Crippen LogP contribution in [-0.4, -0.2) is 40.3 Å². The zero-order valence-corrected chi connectivity index (χ0v) is 12.4. The van der Waals surface area contributed by atoms with Crippen molar-refractivity contribution in [2.45, 2.75) is 24.3 Å². The van der Waals surface area contributed by atoms with Crippen LogP contribution in [0.4, 0.5) is 0 Å². The molecule has 1 unspecified atom stereocenters. The molecule has 2 rings (SSSR count). The number of primary sulfonamides is 1. The Balaban J connectivity index is 2.30. The second kappa shape index (κ2) is 6.42. The standard InChI is InChI=1S/C13H17NO6S/c1-2-19-12-4-3-10(21(14,16)17)7-11(12)13(15)20-9-5-6-18-8-9/h3-4,7,9H,2,5-6,8H2,1H3,(H2,14,16,17). The molecule has 1 fully saturated rings. The van der Waals surface area contributed by atoms with Crippen molar-refractivity contribution in [3.05, 3.63) is 23.8 Å². The van der Waals surface area contributed by atoms with Crippen LogP contribution in [0.3, 0.4) is 0 Å². The quantitative estimate of drug-likeness (QED) is 0.801. The van der Waals surface area contributed by atoms with Crippen molar-refractivity contribution in [3.8, 4) is 5.75 Å². The highest BCUT2D eigenvalue weighted by atomic mass is 32.2. The van der Waals surface area contributed by atoms with Gasteiger partial charge in [-0.25, -0.2) is 18.4 Å². The van der Waals surface area contributed by atoms with E-state index in [1.165, 1.54) is 18.2 Å². The fourth-order valence-corrected chi connectivity index (χ4v) is 2.49. The molecule has 8 heteroatoms. The zero-order valence-electron chi connectivity index (χ0n) is 11.6. The third-order valence-corrected chi connectivity index (χ3v) is 3.87. The highest BCUT2D eigenvalue weighted by molar-refractivity contribution is 7.89. The van der Waals surface area contributed by atoms with Crippen LogP contribution < -0.4 is 9.88 Å². The number of nitrogens with two attached hydrogens (primary N) is 1. The molecule has 1 saturated heterocycles. The predicted molar refractivity (Wildman–Crippen MR) is 73.6 cm³/mol. The molecule has 1 heterocycles. The molecule has 1 atom stereocenters. The maximum absolute atomic E-state index is 12.2. The van der Waals surface area contributed by atoms with Gasteiger partial charge >= 0.3 is 5.97 Å². The summed E-state index contributed by atoms with van der Waals surface area (Å²) in [6.07, 6.45) is 0.287. The lowest BCUT2D eigenvalue weighted by Gasteiger charge is -2.14. The number of sulfonamides is 1. The van der Waals surface area contributed by atoms with Crippen LogP contribution in [-0.2, 0) is 19.5 Å². The fraction of sp³-hybridized carbons (Fsp3) is 0.462. The van der Waals surface area contributed by atoms with Crippen LogP contribution in [0.5, 0.6) is 5.75 Å². The molecule has 0 spiro atoms. The lowest BCUT2D eigenvalue weighted by molar-refractivity contribution is 0.0266. The number of hydrogen-bond acceptors (Lipinski definition) is 6. The Labute approximate surface area is 123 Å². The summed E-state index contributed by atoms with van der Waals surface area (Å²) in [4.78, 5) is 12.0. The molecule has 0 radical (unpaired) electrons. The molecule has 1 aromatic carbocycles. The van der Waals surface area contributed by atoms with E-state index in [2.05, 4.69) is 0 Å². The molecule has 0 aliphatic carbocycles. The van der Waals surface area contributed by atoms with E-state index >= 15 is 0 Å². The summed E-state index contributed by atoms with van der Waals surface area (Å²) < 4.78 is 38.5. The molecule has 1 aliphatic rings. The smallest absolute Gasteiger partial charge is 0.342 e. The summed E-state index contributed by atoms with van der Waals surface area (Å²) >= 11 is 0. The van der Waals surface area contributed by atoms with Crippen molar-refractivity contribution >= 4 is 16.0 Å².